The molecule has 0 bridgehead atoms. The van der Waals surface area contributed by atoms with Gasteiger partial charge in [-0.15, -0.1) is 0 Å². The monoisotopic (exact) mass is 176 g/mol. The molecular formula is C10H24O2. The van der Waals surface area contributed by atoms with Crippen molar-refractivity contribution in [3.8, 4) is 0 Å². The van der Waals surface area contributed by atoms with Crippen LogP contribution in [0.25, 0.3) is 0 Å². The molecule has 0 heterocycles. The van der Waals surface area contributed by atoms with E-state index in [0.717, 1.165) is 0 Å². The molecule has 0 rings (SSSR count). The Morgan fingerprint density at radius 3 is 1.50 bits per heavy atom. The molecule has 2 N–H and O–H groups in total. The Bertz CT molecular complexity index is 58.9. The zero-order valence-electron chi connectivity index (χ0n) is 8.71. The smallest absolute Gasteiger partial charge is 0.0742 e. The zero-order valence-corrected chi connectivity index (χ0v) is 8.71. The lowest BCUT2D eigenvalue weighted by atomic mass is 10.2. The highest BCUT2D eigenvalue weighted by Gasteiger charge is 1.83. The Morgan fingerprint density at radius 2 is 1.33 bits per heavy atom. The first kappa shape index (κ1) is 14.4. The van der Waals surface area contributed by atoms with Gasteiger partial charge >= 0.3 is 0 Å². The average Bonchev–Trinajstić information content (AvgIpc) is 2.07. The summed E-state index contributed by atoms with van der Waals surface area (Å²) in [6.07, 6.45) is 6.45. The molecule has 0 spiro atoms. The van der Waals surface area contributed by atoms with Crippen LogP contribution in [0, 0.1) is 0 Å². The molecule has 0 aliphatic heterocycles. The van der Waals surface area contributed by atoms with Crippen molar-refractivity contribution < 1.29 is 10.2 Å². The van der Waals surface area contributed by atoms with Crippen LogP contribution in [-0.2, 0) is 0 Å². The fourth-order valence-corrected chi connectivity index (χ4v) is 0.677. The van der Waals surface area contributed by atoms with Gasteiger partial charge in [-0.3, -0.25) is 0 Å². The van der Waals surface area contributed by atoms with Crippen molar-refractivity contribution in [1.82, 2.24) is 0 Å². The third-order valence-corrected chi connectivity index (χ3v) is 1.47. The predicted octanol–water partition coefficient (Wildman–Crippen LogP) is 2.34. The van der Waals surface area contributed by atoms with Gasteiger partial charge < -0.3 is 10.2 Å². The van der Waals surface area contributed by atoms with Gasteiger partial charge in [0.15, 0.2) is 0 Å². The van der Waals surface area contributed by atoms with Crippen LogP contribution in [0.15, 0.2) is 0 Å². The molecule has 2 heteroatoms. The molecule has 0 fully saturated rings. The highest BCUT2D eigenvalue weighted by Crippen LogP contribution is 2.00. The fourth-order valence-electron chi connectivity index (χ4n) is 0.677. The van der Waals surface area contributed by atoms with Gasteiger partial charge in [-0.1, -0.05) is 46.0 Å². The molecule has 0 aromatic carbocycles. The van der Waals surface area contributed by atoms with Gasteiger partial charge in [-0.05, 0) is 6.92 Å². The number of aliphatic hydroxyl groups is 2. The van der Waals surface area contributed by atoms with Gasteiger partial charge in [0.1, 0.15) is 0 Å². The van der Waals surface area contributed by atoms with Crippen molar-refractivity contribution in [3.63, 3.8) is 0 Å². The highest BCUT2D eigenvalue weighted by molar-refractivity contribution is 4.36. The number of rotatable bonds is 5. The molecular weight excluding hydrogens is 152 g/mol. The summed E-state index contributed by atoms with van der Waals surface area (Å²) in [6, 6.07) is 0. The summed E-state index contributed by atoms with van der Waals surface area (Å²) in [5.74, 6) is 0. The molecule has 0 aromatic heterocycles. The van der Waals surface area contributed by atoms with E-state index in [1.807, 2.05) is 0 Å². The Labute approximate surface area is 76.6 Å². The summed E-state index contributed by atoms with van der Waals surface area (Å²) in [4.78, 5) is 0. The standard InChI is InChI=1S/C7H16.C3H8O2/c1-3-5-7-6-4-2;1-3(5)2-4/h3-7H2,1-2H3;3-5H,2H2,1H3. The van der Waals surface area contributed by atoms with Gasteiger partial charge in [-0.25, -0.2) is 0 Å². The van der Waals surface area contributed by atoms with Crippen molar-refractivity contribution >= 4 is 0 Å². The van der Waals surface area contributed by atoms with Crippen LogP contribution in [0.1, 0.15) is 52.9 Å². The first-order valence-corrected chi connectivity index (χ1v) is 4.97. The minimum Gasteiger partial charge on any atom is -0.394 e. The molecule has 2 nitrogen and oxygen atoms in total. The second-order valence-corrected chi connectivity index (χ2v) is 3.09. The number of unbranched alkanes of at least 4 members (excludes halogenated alkanes) is 4. The quantitative estimate of drug-likeness (QED) is 0.631. The number of aliphatic hydroxyl groups excluding tert-OH is 2. The molecule has 12 heavy (non-hydrogen) atoms. The molecule has 0 amide bonds. The summed E-state index contributed by atoms with van der Waals surface area (Å²) in [6.45, 7) is 5.88. The summed E-state index contributed by atoms with van der Waals surface area (Å²) in [7, 11) is 0. The third kappa shape index (κ3) is 22.5. The van der Waals surface area contributed by atoms with E-state index in [1.54, 1.807) is 0 Å². The van der Waals surface area contributed by atoms with E-state index in [4.69, 9.17) is 10.2 Å². The lowest BCUT2D eigenvalue weighted by molar-refractivity contribution is 0.110. The Kier molecular flexibility index (Phi) is 16.3. The lowest BCUT2D eigenvalue weighted by Gasteiger charge is -1.90. The zero-order chi connectivity index (χ0) is 9.82. The van der Waals surface area contributed by atoms with Crippen molar-refractivity contribution in [1.29, 1.82) is 0 Å². The lowest BCUT2D eigenvalue weighted by Crippen LogP contribution is -2.03. The van der Waals surface area contributed by atoms with Gasteiger partial charge in [0.25, 0.3) is 0 Å². The third-order valence-electron chi connectivity index (χ3n) is 1.47. The SMILES string of the molecule is CC(O)CO.CCCCCCC. The summed E-state index contributed by atoms with van der Waals surface area (Å²) < 4.78 is 0. The van der Waals surface area contributed by atoms with E-state index < -0.39 is 6.10 Å². The van der Waals surface area contributed by atoms with E-state index in [9.17, 15) is 0 Å². The van der Waals surface area contributed by atoms with Gasteiger partial charge in [0.2, 0.25) is 0 Å². The first-order chi connectivity index (χ1) is 5.68. The molecule has 0 aromatic rings. The van der Waals surface area contributed by atoms with E-state index in [-0.39, 0.29) is 6.61 Å². The minimum atomic E-state index is -0.560. The maximum atomic E-state index is 8.11. The molecule has 0 aliphatic rings. The van der Waals surface area contributed by atoms with Crippen LogP contribution in [-0.4, -0.2) is 22.9 Å². The Balaban J connectivity index is 0. The molecule has 76 valence electrons. The number of hydrogen-bond donors (Lipinski definition) is 2. The van der Waals surface area contributed by atoms with Crippen molar-refractivity contribution in [2.75, 3.05) is 6.61 Å². The van der Waals surface area contributed by atoms with Crippen LogP contribution in [0.4, 0.5) is 0 Å². The second-order valence-electron chi connectivity index (χ2n) is 3.09. The molecule has 0 radical (unpaired) electrons. The largest absolute Gasteiger partial charge is 0.394 e. The molecule has 0 saturated carbocycles. The van der Waals surface area contributed by atoms with E-state index in [1.165, 1.54) is 39.0 Å². The second kappa shape index (κ2) is 13.5. The first-order valence-electron chi connectivity index (χ1n) is 4.97. The summed E-state index contributed by atoms with van der Waals surface area (Å²) in [5.41, 5.74) is 0. The minimum absolute atomic E-state index is 0.139. The van der Waals surface area contributed by atoms with E-state index >= 15 is 0 Å². The Morgan fingerprint density at radius 1 is 1.00 bits per heavy atom. The van der Waals surface area contributed by atoms with E-state index in [0.29, 0.717) is 0 Å². The highest BCUT2D eigenvalue weighted by atomic mass is 16.3. The summed E-state index contributed by atoms with van der Waals surface area (Å²) >= 11 is 0. The molecule has 1 unspecified atom stereocenters. The van der Waals surface area contributed by atoms with Crippen LogP contribution in [0.2, 0.25) is 0 Å². The Hall–Kier alpha value is -0.0800. The predicted molar refractivity (Wildman–Crippen MR) is 53.2 cm³/mol. The van der Waals surface area contributed by atoms with Gasteiger partial charge in [0.05, 0.1) is 12.7 Å². The maximum absolute atomic E-state index is 8.11. The normalized spacial score (nSPS) is 11.8. The van der Waals surface area contributed by atoms with Crippen LogP contribution >= 0.6 is 0 Å². The van der Waals surface area contributed by atoms with Crippen molar-refractivity contribution in [2.24, 2.45) is 0 Å². The molecule has 0 saturated heterocycles. The van der Waals surface area contributed by atoms with E-state index in [2.05, 4.69) is 13.8 Å². The topological polar surface area (TPSA) is 40.5 Å². The summed E-state index contributed by atoms with van der Waals surface area (Å²) in [5, 5.41) is 16.0. The van der Waals surface area contributed by atoms with Gasteiger partial charge in [0, 0.05) is 0 Å². The van der Waals surface area contributed by atoms with Crippen LogP contribution in [0.3, 0.4) is 0 Å². The van der Waals surface area contributed by atoms with Gasteiger partial charge in [-0.2, -0.15) is 0 Å². The van der Waals surface area contributed by atoms with Crippen molar-refractivity contribution in [2.45, 2.75) is 59.0 Å². The molecule has 0 aliphatic carbocycles. The van der Waals surface area contributed by atoms with Crippen LogP contribution in [0.5, 0.6) is 0 Å². The average molecular weight is 176 g/mol. The maximum Gasteiger partial charge on any atom is 0.0742 e. The van der Waals surface area contributed by atoms with Crippen molar-refractivity contribution in [3.05, 3.63) is 0 Å². The molecule has 1 atom stereocenters. The van der Waals surface area contributed by atoms with Crippen LogP contribution < -0.4 is 0 Å². The fraction of sp³-hybridized carbons (Fsp3) is 1.00. The number of hydrogen-bond acceptors (Lipinski definition) is 2.